The average molecular weight is 415 g/mol. The highest BCUT2D eigenvalue weighted by atomic mass is 16.1. The Kier molecular flexibility index (Phi) is 4.29. The Balaban J connectivity index is 1.60. The van der Waals surface area contributed by atoms with Gasteiger partial charge in [0.05, 0.1) is 11.4 Å². The molecule has 0 N–H and O–H groups in total. The van der Waals surface area contributed by atoms with Gasteiger partial charge in [-0.1, -0.05) is 84.4 Å². The molecule has 1 aliphatic rings. The molecule has 1 aromatic heterocycles. The Labute approximate surface area is 187 Å². The van der Waals surface area contributed by atoms with Crippen LogP contribution in [0.5, 0.6) is 0 Å². The van der Waals surface area contributed by atoms with Crippen LogP contribution in [0.4, 0.5) is 0 Å². The van der Waals surface area contributed by atoms with Crippen LogP contribution in [0.3, 0.4) is 0 Å². The summed E-state index contributed by atoms with van der Waals surface area (Å²) in [5, 5.41) is 7.20. The van der Waals surface area contributed by atoms with Crippen molar-refractivity contribution >= 4 is 16.6 Å². The van der Waals surface area contributed by atoms with Gasteiger partial charge < -0.3 is 0 Å². The van der Waals surface area contributed by atoms with Gasteiger partial charge in [0.1, 0.15) is 0 Å². The largest absolute Gasteiger partial charge is 0.294 e. The van der Waals surface area contributed by atoms with Crippen molar-refractivity contribution in [3.05, 3.63) is 119 Å². The molecule has 0 spiro atoms. The number of para-hydroxylation sites is 1. The Morgan fingerprint density at radius 2 is 1.56 bits per heavy atom. The van der Waals surface area contributed by atoms with Gasteiger partial charge in [-0.15, -0.1) is 0 Å². The molecular formula is C29H22N2O. The molecule has 6 rings (SSSR count). The van der Waals surface area contributed by atoms with Gasteiger partial charge in [0.25, 0.3) is 0 Å². The summed E-state index contributed by atoms with van der Waals surface area (Å²) in [6, 6.07) is 31.0. The quantitative estimate of drug-likeness (QED) is 0.328. The van der Waals surface area contributed by atoms with Crippen molar-refractivity contribution in [3.63, 3.8) is 0 Å². The van der Waals surface area contributed by atoms with Gasteiger partial charge in [-0.25, -0.2) is 4.68 Å². The molecule has 4 aromatic carbocycles. The Morgan fingerprint density at radius 3 is 2.34 bits per heavy atom. The minimum absolute atomic E-state index is 0.0325. The lowest BCUT2D eigenvalue weighted by Gasteiger charge is -2.25. The molecule has 3 nitrogen and oxygen atoms in total. The summed E-state index contributed by atoms with van der Waals surface area (Å²) >= 11 is 0. The first-order chi connectivity index (χ1) is 15.7. The minimum Gasteiger partial charge on any atom is -0.294 e. The van der Waals surface area contributed by atoms with Crippen LogP contribution in [0.2, 0.25) is 0 Å². The number of aryl methyl sites for hydroxylation is 1. The number of rotatable bonds is 3. The number of carbonyl (C=O) groups is 1. The monoisotopic (exact) mass is 414 g/mol. The Morgan fingerprint density at radius 1 is 0.812 bits per heavy atom. The van der Waals surface area contributed by atoms with E-state index in [2.05, 4.69) is 73.8 Å². The van der Waals surface area contributed by atoms with Crippen LogP contribution in [0.25, 0.3) is 27.7 Å². The summed E-state index contributed by atoms with van der Waals surface area (Å²) in [7, 11) is 0. The van der Waals surface area contributed by atoms with E-state index in [-0.39, 0.29) is 11.7 Å². The van der Waals surface area contributed by atoms with Crippen molar-refractivity contribution in [2.24, 2.45) is 0 Å². The second-order valence-electron chi connectivity index (χ2n) is 8.51. The number of carbonyl (C=O) groups excluding carboxylic acids is 1. The standard InChI is InChI=1S/C29H22N2O/c1-19-13-15-21(16-14-19)29-26(18-31(30-29)22-9-3-2-4-10-22)25-17-27(32)24-12-6-8-20-7-5-11-23(25)28(20)24/h2-16,18,25H,17H2,1H3. The first-order valence-electron chi connectivity index (χ1n) is 11.0. The molecule has 1 atom stereocenters. The van der Waals surface area contributed by atoms with Crippen molar-refractivity contribution < 1.29 is 4.79 Å². The van der Waals surface area contributed by atoms with Crippen LogP contribution in [-0.4, -0.2) is 15.6 Å². The van der Waals surface area contributed by atoms with E-state index in [1.807, 2.05) is 35.0 Å². The normalized spacial score (nSPS) is 15.3. The predicted molar refractivity (Wildman–Crippen MR) is 128 cm³/mol. The van der Waals surface area contributed by atoms with E-state index in [0.717, 1.165) is 38.8 Å². The second kappa shape index (κ2) is 7.31. The number of benzene rings is 4. The van der Waals surface area contributed by atoms with E-state index >= 15 is 0 Å². The third-order valence-corrected chi connectivity index (χ3v) is 6.47. The van der Waals surface area contributed by atoms with Crippen LogP contribution < -0.4 is 0 Å². The van der Waals surface area contributed by atoms with Gasteiger partial charge in [0, 0.05) is 35.2 Å². The maximum Gasteiger partial charge on any atom is 0.164 e. The van der Waals surface area contributed by atoms with Gasteiger partial charge in [-0.3, -0.25) is 4.79 Å². The molecular weight excluding hydrogens is 392 g/mol. The highest BCUT2D eigenvalue weighted by Gasteiger charge is 2.31. The third kappa shape index (κ3) is 2.97. The lowest BCUT2D eigenvalue weighted by molar-refractivity contribution is 0.0976. The van der Waals surface area contributed by atoms with Crippen LogP contribution in [0.15, 0.2) is 97.2 Å². The van der Waals surface area contributed by atoms with Gasteiger partial charge >= 0.3 is 0 Å². The van der Waals surface area contributed by atoms with E-state index in [1.54, 1.807) is 0 Å². The van der Waals surface area contributed by atoms with Gasteiger partial charge in [-0.05, 0) is 35.4 Å². The molecule has 32 heavy (non-hydrogen) atoms. The fourth-order valence-electron chi connectivity index (χ4n) is 4.87. The van der Waals surface area contributed by atoms with Crippen molar-refractivity contribution in [3.8, 4) is 16.9 Å². The number of hydrogen-bond donors (Lipinski definition) is 0. The summed E-state index contributed by atoms with van der Waals surface area (Å²) in [5.74, 6) is 0.163. The molecule has 0 saturated carbocycles. The van der Waals surface area contributed by atoms with Crippen molar-refractivity contribution in [2.75, 3.05) is 0 Å². The molecule has 0 aliphatic heterocycles. The molecule has 5 aromatic rings. The summed E-state index contributed by atoms with van der Waals surface area (Å²) in [5.41, 5.74) is 7.35. The lowest BCUT2D eigenvalue weighted by Crippen LogP contribution is -2.16. The molecule has 0 fully saturated rings. The summed E-state index contributed by atoms with van der Waals surface area (Å²) in [6.07, 6.45) is 2.56. The van der Waals surface area contributed by atoms with Crippen molar-refractivity contribution in [2.45, 2.75) is 19.3 Å². The molecule has 0 saturated heterocycles. The Hall–Kier alpha value is -3.98. The molecule has 0 amide bonds. The molecule has 1 heterocycles. The third-order valence-electron chi connectivity index (χ3n) is 6.47. The highest BCUT2D eigenvalue weighted by molar-refractivity contribution is 6.12. The molecule has 1 unspecified atom stereocenters. The fourth-order valence-corrected chi connectivity index (χ4v) is 4.87. The average Bonchev–Trinajstić information content (AvgIpc) is 3.28. The number of aromatic nitrogens is 2. The molecule has 3 heteroatoms. The molecule has 154 valence electrons. The maximum atomic E-state index is 13.2. The van der Waals surface area contributed by atoms with Crippen LogP contribution in [0, 0.1) is 6.92 Å². The van der Waals surface area contributed by atoms with Crippen molar-refractivity contribution in [1.29, 1.82) is 0 Å². The van der Waals surface area contributed by atoms with Gasteiger partial charge in [0.15, 0.2) is 5.78 Å². The zero-order chi connectivity index (χ0) is 21.7. The van der Waals surface area contributed by atoms with Crippen LogP contribution in [-0.2, 0) is 0 Å². The minimum atomic E-state index is -0.0325. The highest BCUT2D eigenvalue weighted by Crippen LogP contribution is 2.43. The molecule has 0 bridgehead atoms. The number of Topliss-reactive ketones (excluding diaryl/α,β-unsaturated/α-hetero) is 1. The van der Waals surface area contributed by atoms with E-state index in [9.17, 15) is 4.79 Å². The van der Waals surface area contributed by atoms with E-state index in [1.165, 1.54) is 11.1 Å². The number of ketones is 1. The number of nitrogens with zero attached hydrogens (tertiary/aromatic N) is 2. The van der Waals surface area contributed by atoms with E-state index < -0.39 is 0 Å². The zero-order valence-electron chi connectivity index (χ0n) is 17.8. The lowest BCUT2D eigenvalue weighted by atomic mass is 9.77. The van der Waals surface area contributed by atoms with Crippen LogP contribution in [0.1, 0.15) is 39.4 Å². The summed E-state index contributed by atoms with van der Waals surface area (Å²) < 4.78 is 1.94. The van der Waals surface area contributed by atoms with Crippen LogP contribution >= 0.6 is 0 Å². The van der Waals surface area contributed by atoms with Gasteiger partial charge in [0.2, 0.25) is 0 Å². The second-order valence-corrected chi connectivity index (χ2v) is 8.51. The van der Waals surface area contributed by atoms with E-state index in [0.29, 0.717) is 6.42 Å². The summed E-state index contributed by atoms with van der Waals surface area (Å²) in [4.78, 5) is 13.2. The molecule has 0 radical (unpaired) electrons. The zero-order valence-corrected chi connectivity index (χ0v) is 17.8. The fraction of sp³-hybridized carbons (Fsp3) is 0.103. The SMILES string of the molecule is Cc1ccc(-c2nn(-c3ccccc3)cc2C2CC(=O)c3cccc4cccc2c34)cc1. The topological polar surface area (TPSA) is 34.9 Å². The smallest absolute Gasteiger partial charge is 0.164 e. The van der Waals surface area contributed by atoms with Gasteiger partial charge in [-0.2, -0.15) is 5.10 Å². The van der Waals surface area contributed by atoms with Crippen molar-refractivity contribution in [1.82, 2.24) is 9.78 Å². The first kappa shape index (κ1) is 18.8. The maximum absolute atomic E-state index is 13.2. The predicted octanol–water partition coefficient (Wildman–Crippen LogP) is 6.72. The number of hydrogen-bond acceptors (Lipinski definition) is 2. The van der Waals surface area contributed by atoms with E-state index in [4.69, 9.17) is 5.10 Å². The summed E-state index contributed by atoms with van der Waals surface area (Å²) in [6.45, 7) is 2.09. The first-order valence-corrected chi connectivity index (χ1v) is 11.0. The molecule has 1 aliphatic carbocycles. The Bertz CT molecular complexity index is 1460.